The smallest absolute Gasteiger partial charge is 0.286 e. The zero-order valence-corrected chi connectivity index (χ0v) is 23.4. The first-order valence-electron chi connectivity index (χ1n) is 14.7. The third-order valence-electron chi connectivity index (χ3n) is 9.24. The Balaban J connectivity index is 1.49. The molecule has 0 aliphatic heterocycles. The van der Waals surface area contributed by atoms with E-state index in [9.17, 15) is 5.11 Å². The van der Waals surface area contributed by atoms with E-state index in [4.69, 9.17) is 9.47 Å². The van der Waals surface area contributed by atoms with Crippen molar-refractivity contribution >= 4 is 0 Å². The van der Waals surface area contributed by atoms with E-state index < -0.39 is 0 Å². The summed E-state index contributed by atoms with van der Waals surface area (Å²) in [5, 5.41) is 11.1. The highest BCUT2D eigenvalue weighted by Gasteiger charge is 2.34. The zero-order chi connectivity index (χ0) is 26.5. The number of allylic oxidation sites excluding steroid dienone is 5. The van der Waals surface area contributed by atoms with Crippen molar-refractivity contribution in [2.45, 2.75) is 89.4 Å². The first-order valence-corrected chi connectivity index (χ1v) is 14.7. The van der Waals surface area contributed by atoms with Crippen LogP contribution in [0.2, 0.25) is 0 Å². The molecule has 2 aromatic carbocycles. The molecule has 1 unspecified atom stereocenters. The van der Waals surface area contributed by atoms with Gasteiger partial charge in [0.25, 0.3) is 5.95 Å². The minimum atomic E-state index is -0.166. The fraction of sp³-hybridized carbons (Fsp3) is 0.486. The van der Waals surface area contributed by atoms with E-state index in [1.807, 2.05) is 30.3 Å². The summed E-state index contributed by atoms with van der Waals surface area (Å²) in [7, 11) is 1.80. The van der Waals surface area contributed by atoms with Crippen LogP contribution in [0.25, 0.3) is 0 Å². The van der Waals surface area contributed by atoms with E-state index in [0.29, 0.717) is 17.6 Å². The summed E-state index contributed by atoms with van der Waals surface area (Å²) in [4.78, 5) is 0. The topological polar surface area (TPSA) is 38.7 Å². The Kier molecular flexibility index (Phi) is 8.31. The summed E-state index contributed by atoms with van der Waals surface area (Å²) in [5.41, 5.74) is 4.74. The Morgan fingerprint density at radius 1 is 0.842 bits per heavy atom. The second-order valence-corrected chi connectivity index (χ2v) is 12.0. The Morgan fingerprint density at radius 2 is 1.53 bits per heavy atom. The van der Waals surface area contributed by atoms with E-state index in [0.717, 1.165) is 11.3 Å². The fourth-order valence-electron chi connectivity index (χ4n) is 6.82. The van der Waals surface area contributed by atoms with Crippen LogP contribution in [-0.4, -0.2) is 12.2 Å². The molecule has 1 atom stereocenters. The Morgan fingerprint density at radius 3 is 2.21 bits per heavy atom. The molecule has 3 aliphatic carbocycles. The first-order chi connectivity index (χ1) is 18.5. The Bertz CT molecular complexity index is 1170. The molecule has 0 bridgehead atoms. The lowest BCUT2D eigenvalue weighted by molar-refractivity contribution is 0.193. The molecule has 38 heavy (non-hydrogen) atoms. The van der Waals surface area contributed by atoms with Gasteiger partial charge in [0.15, 0.2) is 0 Å². The van der Waals surface area contributed by atoms with Crippen LogP contribution in [0.3, 0.4) is 0 Å². The van der Waals surface area contributed by atoms with Gasteiger partial charge < -0.3 is 14.6 Å². The Hall–Kier alpha value is -2.94. The summed E-state index contributed by atoms with van der Waals surface area (Å²) in [5.74, 6) is 2.97. The normalized spacial score (nSPS) is 22.6. The van der Waals surface area contributed by atoms with Crippen molar-refractivity contribution in [3.05, 3.63) is 95.0 Å². The lowest BCUT2D eigenvalue weighted by Gasteiger charge is -2.36. The highest BCUT2D eigenvalue weighted by atomic mass is 16.6. The molecular weight excluding hydrogens is 468 g/mol. The second kappa shape index (κ2) is 11.8. The van der Waals surface area contributed by atoms with E-state index in [-0.39, 0.29) is 17.3 Å². The maximum atomic E-state index is 11.1. The predicted octanol–water partition coefficient (Wildman–Crippen LogP) is 9.56. The molecular formula is C35H44O3. The molecule has 5 rings (SSSR count). The van der Waals surface area contributed by atoms with Gasteiger partial charge in [-0.2, -0.15) is 0 Å². The van der Waals surface area contributed by atoms with Gasteiger partial charge in [-0.05, 0) is 72.4 Å². The van der Waals surface area contributed by atoms with Crippen molar-refractivity contribution < 1.29 is 14.6 Å². The molecule has 2 fully saturated rings. The van der Waals surface area contributed by atoms with Gasteiger partial charge in [0.1, 0.15) is 11.5 Å². The molecule has 0 aromatic heterocycles. The fourth-order valence-corrected chi connectivity index (χ4v) is 6.82. The highest BCUT2D eigenvalue weighted by Crippen LogP contribution is 2.45. The third kappa shape index (κ3) is 5.72. The molecule has 0 saturated heterocycles. The highest BCUT2D eigenvalue weighted by molar-refractivity contribution is 5.51. The molecule has 3 heteroatoms. The molecule has 2 saturated carbocycles. The van der Waals surface area contributed by atoms with Crippen LogP contribution in [0.5, 0.6) is 11.5 Å². The summed E-state index contributed by atoms with van der Waals surface area (Å²) < 4.78 is 11.8. The SMILES string of the molecule is COc1ccc(C(C)(C)C2=CC(C3CCCCC3)C(=C(O)Oc3ccccc3)C=C2)cc1C1CCCCC1. The average Bonchev–Trinajstić information content (AvgIpc) is 2.98. The van der Waals surface area contributed by atoms with Crippen LogP contribution in [0.15, 0.2) is 83.9 Å². The van der Waals surface area contributed by atoms with E-state index in [1.165, 1.54) is 80.9 Å². The van der Waals surface area contributed by atoms with Crippen molar-refractivity contribution in [1.82, 2.24) is 0 Å². The quantitative estimate of drug-likeness (QED) is 0.375. The van der Waals surface area contributed by atoms with Crippen molar-refractivity contribution in [1.29, 1.82) is 0 Å². The summed E-state index contributed by atoms with van der Waals surface area (Å²) >= 11 is 0. The minimum absolute atomic E-state index is 0.0279. The van der Waals surface area contributed by atoms with Crippen molar-refractivity contribution in [2.24, 2.45) is 11.8 Å². The monoisotopic (exact) mass is 512 g/mol. The molecule has 202 valence electrons. The van der Waals surface area contributed by atoms with Crippen LogP contribution < -0.4 is 9.47 Å². The van der Waals surface area contributed by atoms with E-state index >= 15 is 0 Å². The van der Waals surface area contributed by atoms with Crippen LogP contribution >= 0.6 is 0 Å². The number of para-hydroxylation sites is 1. The van der Waals surface area contributed by atoms with Crippen LogP contribution in [0.4, 0.5) is 0 Å². The number of methoxy groups -OCH3 is 1. The number of aliphatic hydroxyl groups excluding tert-OH is 1. The van der Waals surface area contributed by atoms with E-state index in [2.05, 4.69) is 50.3 Å². The summed E-state index contributed by atoms with van der Waals surface area (Å²) in [6, 6.07) is 16.4. The molecule has 3 nitrogen and oxygen atoms in total. The standard InChI is InChI=1S/C35H44O3/c1-35(2,28-20-22-33(37-3)32(24-28)26-15-9-5-10-16-26)27-19-21-30(31(23-27)25-13-7-4-8-14-25)34(36)38-29-17-11-6-12-18-29/h6,11-12,17-26,31,36H,4-5,7-10,13-16H2,1-3H3. The van der Waals surface area contributed by atoms with Crippen molar-refractivity contribution in [3.8, 4) is 11.5 Å². The summed E-state index contributed by atoms with van der Waals surface area (Å²) in [6.07, 6.45) is 19.4. The van der Waals surface area contributed by atoms with Gasteiger partial charge in [-0.15, -0.1) is 0 Å². The number of ether oxygens (including phenoxy) is 2. The van der Waals surface area contributed by atoms with E-state index in [1.54, 1.807) is 7.11 Å². The predicted molar refractivity (Wildman–Crippen MR) is 156 cm³/mol. The lowest BCUT2D eigenvalue weighted by Crippen LogP contribution is -2.27. The molecule has 0 spiro atoms. The molecule has 0 heterocycles. The maximum Gasteiger partial charge on any atom is 0.286 e. The lowest BCUT2D eigenvalue weighted by atomic mass is 9.69. The number of aliphatic hydroxyl groups is 1. The number of hydrogen-bond acceptors (Lipinski definition) is 3. The Labute approximate surface area is 229 Å². The zero-order valence-electron chi connectivity index (χ0n) is 23.4. The second-order valence-electron chi connectivity index (χ2n) is 12.0. The number of benzene rings is 2. The maximum absolute atomic E-state index is 11.1. The van der Waals surface area contributed by atoms with Crippen LogP contribution in [0.1, 0.15) is 95.1 Å². The van der Waals surface area contributed by atoms with Gasteiger partial charge in [-0.3, -0.25) is 0 Å². The third-order valence-corrected chi connectivity index (χ3v) is 9.24. The van der Waals surface area contributed by atoms with Gasteiger partial charge in [0, 0.05) is 16.9 Å². The first kappa shape index (κ1) is 26.7. The van der Waals surface area contributed by atoms with Gasteiger partial charge >= 0.3 is 0 Å². The van der Waals surface area contributed by atoms with Gasteiger partial charge in [0.2, 0.25) is 0 Å². The van der Waals surface area contributed by atoms with Crippen molar-refractivity contribution in [3.63, 3.8) is 0 Å². The summed E-state index contributed by atoms with van der Waals surface area (Å²) in [6.45, 7) is 4.67. The molecule has 3 aliphatic rings. The average molecular weight is 513 g/mol. The minimum Gasteiger partial charge on any atom is -0.496 e. The van der Waals surface area contributed by atoms with Gasteiger partial charge in [0.05, 0.1) is 7.11 Å². The van der Waals surface area contributed by atoms with Crippen LogP contribution in [0, 0.1) is 11.8 Å². The molecule has 0 radical (unpaired) electrons. The molecule has 0 amide bonds. The number of rotatable bonds is 7. The van der Waals surface area contributed by atoms with Crippen molar-refractivity contribution in [2.75, 3.05) is 7.11 Å². The van der Waals surface area contributed by atoms with Gasteiger partial charge in [-0.1, -0.05) is 101 Å². The molecule has 2 aromatic rings. The van der Waals surface area contributed by atoms with Gasteiger partial charge in [-0.25, -0.2) is 0 Å². The largest absolute Gasteiger partial charge is 0.496 e. The van der Waals surface area contributed by atoms with Crippen LogP contribution in [-0.2, 0) is 5.41 Å². The molecule has 1 N–H and O–H groups in total. The number of hydrogen-bond donors (Lipinski definition) is 1.